The number of imide groups is 1. The lowest BCUT2D eigenvalue weighted by molar-refractivity contribution is -0.0573. The number of carbonyl (C=O) groups is 2. The molecule has 0 saturated heterocycles. The van der Waals surface area contributed by atoms with Gasteiger partial charge in [-0.05, 0) is 23.3 Å². The Morgan fingerprint density at radius 1 is 0.800 bits per heavy atom. The van der Waals surface area contributed by atoms with Crippen molar-refractivity contribution in [3.05, 3.63) is 129 Å². The summed E-state index contributed by atoms with van der Waals surface area (Å²) >= 11 is 0. The molecule has 204 valence electrons. The van der Waals surface area contributed by atoms with Gasteiger partial charge in [0.25, 0.3) is 11.8 Å². The van der Waals surface area contributed by atoms with E-state index in [4.69, 9.17) is 14.2 Å². The van der Waals surface area contributed by atoms with Crippen molar-refractivity contribution in [3.8, 4) is 5.88 Å². The molecular weight excluding hydrogens is 510 g/mol. The van der Waals surface area contributed by atoms with Crippen LogP contribution in [0.25, 0.3) is 0 Å². The first kappa shape index (κ1) is 27.0. The summed E-state index contributed by atoms with van der Waals surface area (Å²) in [5.41, 5.74) is 2.90. The first-order chi connectivity index (χ1) is 19.5. The monoisotopic (exact) mass is 539 g/mol. The smallest absolute Gasteiger partial charge is 0.352 e. The number of ether oxygens (including phenoxy) is 3. The Morgan fingerprint density at radius 3 is 2.02 bits per heavy atom. The van der Waals surface area contributed by atoms with Gasteiger partial charge in [-0.25, -0.2) is 4.79 Å². The highest BCUT2D eigenvalue weighted by molar-refractivity contribution is 6.21. The Hall–Kier alpha value is -4.60. The molecular formula is C31H29N3O6. The van der Waals surface area contributed by atoms with E-state index in [1.54, 1.807) is 30.5 Å². The lowest BCUT2D eigenvalue weighted by atomic mass is 10.1. The number of methoxy groups -OCH3 is 1. The molecule has 0 fully saturated rings. The van der Waals surface area contributed by atoms with E-state index >= 15 is 0 Å². The minimum Gasteiger partial charge on any atom is -0.481 e. The first-order valence-corrected chi connectivity index (χ1v) is 12.9. The van der Waals surface area contributed by atoms with Crippen molar-refractivity contribution in [2.75, 3.05) is 20.3 Å². The number of hydrogen-bond donors (Lipinski definition) is 0. The summed E-state index contributed by atoms with van der Waals surface area (Å²) in [6.45, 7) is 0.238. The maximum Gasteiger partial charge on any atom is 0.352 e. The lowest BCUT2D eigenvalue weighted by Crippen LogP contribution is -2.41. The molecule has 1 aromatic heterocycles. The molecule has 0 aliphatic carbocycles. The van der Waals surface area contributed by atoms with Gasteiger partial charge in [-0.2, -0.15) is 4.98 Å². The van der Waals surface area contributed by atoms with Crippen LogP contribution >= 0.6 is 0 Å². The third kappa shape index (κ3) is 6.17. The second-order valence-corrected chi connectivity index (χ2v) is 9.38. The maximum absolute atomic E-state index is 13.0. The van der Waals surface area contributed by atoms with Crippen molar-refractivity contribution in [2.45, 2.75) is 25.9 Å². The van der Waals surface area contributed by atoms with Crippen molar-refractivity contribution < 1.29 is 23.8 Å². The van der Waals surface area contributed by atoms with Crippen LogP contribution in [-0.2, 0) is 29.2 Å². The van der Waals surface area contributed by atoms with Crippen LogP contribution < -0.4 is 10.4 Å². The first-order valence-electron chi connectivity index (χ1n) is 12.9. The number of hydrogen-bond acceptors (Lipinski definition) is 7. The minimum atomic E-state index is -0.697. The van der Waals surface area contributed by atoms with Crippen molar-refractivity contribution in [3.63, 3.8) is 0 Å². The Labute approximate surface area is 231 Å². The van der Waals surface area contributed by atoms with E-state index in [0.717, 1.165) is 16.0 Å². The number of fused-ring (bicyclic) bond motifs is 1. The summed E-state index contributed by atoms with van der Waals surface area (Å²) in [5.74, 6) is -0.518. The molecule has 1 aliphatic heterocycles. The van der Waals surface area contributed by atoms with Gasteiger partial charge in [0.15, 0.2) is 0 Å². The Morgan fingerprint density at radius 2 is 1.40 bits per heavy atom. The number of carbonyl (C=O) groups excluding carboxylic acids is 2. The van der Waals surface area contributed by atoms with Gasteiger partial charge in [0.1, 0.15) is 12.8 Å². The summed E-state index contributed by atoms with van der Waals surface area (Å²) in [6, 6.07) is 26.1. The highest BCUT2D eigenvalue weighted by atomic mass is 16.5. The van der Waals surface area contributed by atoms with E-state index in [0.29, 0.717) is 29.7 Å². The maximum atomic E-state index is 13.0. The number of amides is 2. The summed E-state index contributed by atoms with van der Waals surface area (Å²) < 4.78 is 18.7. The molecule has 0 saturated carbocycles. The molecule has 1 atom stereocenters. The highest BCUT2D eigenvalue weighted by Gasteiger charge is 2.36. The molecule has 9 nitrogen and oxygen atoms in total. The minimum absolute atomic E-state index is 0.0314. The van der Waals surface area contributed by atoms with Crippen molar-refractivity contribution >= 4 is 11.8 Å². The van der Waals surface area contributed by atoms with Crippen LogP contribution in [0.15, 0.2) is 95.9 Å². The quantitative estimate of drug-likeness (QED) is 0.253. The fourth-order valence-electron chi connectivity index (χ4n) is 4.56. The lowest BCUT2D eigenvalue weighted by Gasteiger charge is -2.23. The van der Waals surface area contributed by atoms with Gasteiger partial charge in [0.2, 0.25) is 5.88 Å². The Balaban J connectivity index is 1.33. The second-order valence-electron chi connectivity index (χ2n) is 9.38. The fourth-order valence-corrected chi connectivity index (χ4v) is 4.56. The molecule has 0 bridgehead atoms. The zero-order valence-electron chi connectivity index (χ0n) is 22.1. The van der Waals surface area contributed by atoms with Gasteiger partial charge < -0.3 is 14.2 Å². The predicted molar refractivity (Wildman–Crippen MR) is 147 cm³/mol. The normalized spacial score (nSPS) is 13.4. The average molecular weight is 540 g/mol. The molecule has 9 heteroatoms. The van der Waals surface area contributed by atoms with E-state index in [1.807, 2.05) is 60.7 Å². The van der Waals surface area contributed by atoms with Gasteiger partial charge in [0.05, 0.1) is 38.0 Å². The number of benzene rings is 3. The summed E-state index contributed by atoms with van der Waals surface area (Å²) in [4.78, 5) is 44.0. The van der Waals surface area contributed by atoms with Gasteiger partial charge in [0, 0.05) is 18.2 Å². The molecule has 0 N–H and O–H groups in total. The average Bonchev–Trinajstić information content (AvgIpc) is 3.22. The molecule has 40 heavy (non-hydrogen) atoms. The molecule has 4 aromatic rings. The molecule has 1 aliphatic rings. The summed E-state index contributed by atoms with van der Waals surface area (Å²) in [5, 5.41) is 0. The van der Waals surface area contributed by atoms with Crippen LogP contribution in [0.1, 0.15) is 37.4 Å². The van der Waals surface area contributed by atoms with E-state index in [2.05, 4.69) is 4.98 Å². The third-order valence-electron chi connectivity index (χ3n) is 6.59. The van der Waals surface area contributed by atoms with Gasteiger partial charge in [-0.3, -0.25) is 19.1 Å². The predicted octanol–water partition coefficient (Wildman–Crippen LogP) is 3.70. The number of rotatable bonds is 12. The number of nitrogens with zero attached hydrogens (tertiary/aromatic N) is 3. The SMILES string of the molecule is COc1nc(=O)n(COC(COCc2ccccc2)CN2C(=O)c3ccccc3C2=O)cc1Cc1ccccc1. The van der Waals surface area contributed by atoms with Crippen LogP contribution in [0.5, 0.6) is 5.88 Å². The summed E-state index contributed by atoms with van der Waals surface area (Å²) in [7, 11) is 1.47. The van der Waals surface area contributed by atoms with Gasteiger partial charge in [-0.1, -0.05) is 72.8 Å². The summed E-state index contributed by atoms with van der Waals surface area (Å²) in [6.07, 6.45) is 1.47. The molecule has 0 spiro atoms. The fraction of sp³-hybridized carbons (Fsp3) is 0.226. The van der Waals surface area contributed by atoms with Gasteiger partial charge in [-0.15, -0.1) is 0 Å². The van der Waals surface area contributed by atoms with E-state index < -0.39 is 11.8 Å². The highest BCUT2D eigenvalue weighted by Crippen LogP contribution is 2.23. The van der Waals surface area contributed by atoms with Crippen molar-refractivity contribution in [2.24, 2.45) is 0 Å². The van der Waals surface area contributed by atoms with Crippen LogP contribution in [0.4, 0.5) is 0 Å². The van der Waals surface area contributed by atoms with Crippen molar-refractivity contribution in [1.82, 2.24) is 14.5 Å². The van der Waals surface area contributed by atoms with E-state index in [9.17, 15) is 14.4 Å². The van der Waals surface area contributed by atoms with Crippen LogP contribution in [0, 0.1) is 0 Å². The van der Waals surface area contributed by atoms with Gasteiger partial charge >= 0.3 is 5.69 Å². The molecule has 2 heterocycles. The third-order valence-corrected chi connectivity index (χ3v) is 6.59. The van der Waals surface area contributed by atoms with E-state index in [-0.39, 0.29) is 37.6 Å². The molecule has 3 aromatic carbocycles. The number of aromatic nitrogens is 2. The largest absolute Gasteiger partial charge is 0.481 e. The zero-order valence-corrected chi connectivity index (χ0v) is 22.1. The van der Waals surface area contributed by atoms with Crippen molar-refractivity contribution in [1.29, 1.82) is 0 Å². The Bertz CT molecular complexity index is 1500. The van der Waals surface area contributed by atoms with Crippen LogP contribution in [-0.4, -0.2) is 52.6 Å². The zero-order chi connectivity index (χ0) is 27.9. The standard InChI is InChI=1S/C31H29N3O6/c1-38-28-24(16-22-10-4-2-5-11-22)17-33(31(37)32-28)21-40-25(20-39-19-23-12-6-3-7-13-23)18-34-29(35)26-14-8-9-15-27(26)30(34)36/h2-15,17,25H,16,18-21H2,1H3. The van der Waals surface area contributed by atoms with Crippen LogP contribution in [0.3, 0.4) is 0 Å². The van der Waals surface area contributed by atoms with Crippen LogP contribution in [0.2, 0.25) is 0 Å². The second kappa shape index (κ2) is 12.5. The molecule has 5 rings (SSSR count). The molecule has 0 radical (unpaired) electrons. The molecule has 1 unspecified atom stereocenters. The topological polar surface area (TPSA) is 100.0 Å². The Kier molecular flexibility index (Phi) is 8.44. The molecule has 2 amide bonds. The van der Waals surface area contributed by atoms with E-state index in [1.165, 1.54) is 11.7 Å².